The third-order valence-corrected chi connectivity index (χ3v) is 2.47. The molecule has 1 aliphatic heterocycles. The molecule has 0 aromatic heterocycles. The predicted molar refractivity (Wildman–Crippen MR) is 47.3 cm³/mol. The summed E-state index contributed by atoms with van der Waals surface area (Å²) in [4.78, 5) is 40.5. The van der Waals surface area contributed by atoms with Crippen LogP contribution in [0.1, 0.15) is 6.92 Å². The van der Waals surface area contributed by atoms with Crippen molar-refractivity contribution in [1.82, 2.24) is 0 Å². The highest BCUT2D eigenvalue weighted by Gasteiger charge is 2.26. The highest BCUT2D eigenvalue weighted by atomic mass is 31.1. The summed E-state index contributed by atoms with van der Waals surface area (Å²) < 4.78 is 0. The van der Waals surface area contributed by atoms with E-state index in [-0.39, 0.29) is 17.3 Å². The Balaban J connectivity index is 2.41. The summed E-state index contributed by atoms with van der Waals surface area (Å²) >= 11 is 0. The van der Waals surface area contributed by atoms with Gasteiger partial charge in [0, 0.05) is 5.57 Å². The Morgan fingerprint density at radius 1 is 1.57 bits per heavy atom. The second kappa shape index (κ2) is 4.20. The molecule has 0 aliphatic carbocycles. The monoisotopic (exact) mass is 214 g/mol. The fourth-order valence-corrected chi connectivity index (χ4v) is 1.36. The first-order valence-electron chi connectivity index (χ1n) is 3.66. The number of rotatable bonds is 2. The second-order valence-corrected chi connectivity index (χ2v) is 3.95. The maximum absolute atomic E-state index is 10.9. The summed E-state index contributed by atoms with van der Waals surface area (Å²) in [5.41, 5.74) is 2.59. The number of hydrogen-bond acceptors (Lipinski definition) is 5. The molecule has 6 heteroatoms. The van der Waals surface area contributed by atoms with Gasteiger partial charge in [-0.15, -0.1) is 0 Å². The van der Waals surface area contributed by atoms with Gasteiger partial charge in [0.15, 0.2) is 11.7 Å². The van der Waals surface area contributed by atoms with Gasteiger partial charge >= 0.3 is 11.9 Å². The molecule has 5 nitrogen and oxygen atoms in total. The zero-order chi connectivity index (χ0) is 10.7. The lowest BCUT2D eigenvalue weighted by atomic mass is 10.3. The summed E-state index contributed by atoms with van der Waals surface area (Å²) in [6.07, 6.45) is 0.124. The van der Waals surface area contributed by atoms with E-state index in [1.54, 1.807) is 0 Å². The molecule has 0 aromatic carbocycles. The van der Waals surface area contributed by atoms with Gasteiger partial charge in [-0.1, -0.05) is 6.58 Å². The molecular formula is C8H7O5P. The van der Waals surface area contributed by atoms with Crippen molar-refractivity contribution in [3.63, 3.8) is 0 Å². The molecule has 0 fully saturated rings. The molecule has 0 amide bonds. The van der Waals surface area contributed by atoms with E-state index in [0.29, 0.717) is 0 Å². The standard InChI is InChI=1S/C8H7O5P/c1-5(2)7(9)12-13-8(10)6-3-14(11)4-6/h1,3H2,2H3. The third-order valence-electron chi connectivity index (χ3n) is 1.35. The van der Waals surface area contributed by atoms with Crippen LogP contribution in [0, 0.1) is 0 Å². The van der Waals surface area contributed by atoms with Gasteiger partial charge in [0.05, 0.1) is 5.45 Å². The van der Waals surface area contributed by atoms with E-state index in [1.165, 1.54) is 6.92 Å². The van der Waals surface area contributed by atoms with E-state index in [1.807, 2.05) is 0 Å². The van der Waals surface area contributed by atoms with Crippen molar-refractivity contribution in [1.29, 1.82) is 0 Å². The van der Waals surface area contributed by atoms with E-state index in [0.717, 1.165) is 0 Å². The van der Waals surface area contributed by atoms with E-state index >= 15 is 0 Å². The van der Waals surface area contributed by atoms with Gasteiger partial charge < -0.3 is 4.89 Å². The lowest BCUT2D eigenvalue weighted by Crippen LogP contribution is -2.19. The number of hydrogen-bond donors (Lipinski definition) is 0. The summed E-state index contributed by atoms with van der Waals surface area (Å²) in [6, 6.07) is 0. The average molecular weight is 214 g/mol. The Hall–Kier alpha value is -1.41. The van der Waals surface area contributed by atoms with Gasteiger partial charge in [0.1, 0.15) is 7.77 Å². The van der Waals surface area contributed by atoms with Crippen molar-refractivity contribution < 1.29 is 24.3 Å². The van der Waals surface area contributed by atoms with Crippen LogP contribution in [0.5, 0.6) is 0 Å². The zero-order valence-corrected chi connectivity index (χ0v) is 8.30. The molecule has 1 heterocycles. The minimum absolute atomic E-state index is 0.121. The molecule has 0 N–H and O–H groups in total. The molecule has 0 spiro atoms. The van der Waals surface area contributed by atoms with Gasteiger partial charge in [0.2, 0.25) is 0 Å². The summed E-state index contributed by atoms with van der Waals surface area (Å²) in [5, 5.41) is 0. The molecular weight excluding hydrogens is 207 g/mol. The van der Waals surface area contributed by atoms with Crippen LogP contribution in [0.25, 0.3) is 0 Å². The van der Waals surface area contributed by atoms with Crippen LogP contribution in [-0.2, 0) is 19.4 Å². The van der Waals surface area contributed by atoms with Crippen molar-refractivity contribution in [2.75, 3.05) is 6.16 Å². The van der Waals surface area contributed by atoms with Gasteiger partial charge in [0.25, 0.3) is 0 Å². The van der Waals surface area contributed by atoms with E-state index in [4.69, 9.17) is 0 Å². The molecule has 0 saturated carbocycles. The van der Waals surface area contributed by atoms with Gasteiger partial charge in [-0.3, -0.25) is 0 Å². The van der Waals surface area contributed by atoms with Crippen LogP contribution in [0.15, 0.2) is 17.7 Å². The first-order chi connectivity index (χ1) is 6.50. The van der Waals surface area contributed by atoms with Crippen molar-refractivity contribution >= 4 is 25.2 Å². The van der Waals surface area contributed by atoms with Crippen LogP contribution >= 0.6 is 7.77 Å². The number of carbonyl (C=O) groups is 2. The van der Waals surface area contributed by atoms with Crippen molar-refractivity contribution in [2.24, 2.45) is 0 Å². The molecule has 14 heavy (non-hydrogen) atoms. The van der Waals surface area contributed by atoms with Crippen molar-refractivity contribution in [3.05, 3.63) is 17.7 Å². The highest BCUT2D eigenvalue weighted by molar-refractivity contribution is 7.52. The lowest BCUT2D eigenvalue weighted by Gasteiger charge is -2.05. The largest absolute Gasteiger partial charge is 0.623 e. The quantitative estimate of drug-likeness (QED) is 0.272. The number of carbonyl (C=O) groups excluding carboxylic acids is 2. The SMILES string of the molecule is C=C(C)C(=O)OOC(=O)C1=C=[P+]([O-])C1. The Labute approximate surface area is 81.0 Å². The average Bonchev–Trinajstić information content (AvgIpc) is 2.08. The van der Waals surface area contributed by atoms with Crippen LogP contribution in [-0.4, -0.2) is 23.6 Å². The first-order valence-corrected chi connectivity index (χ1v) is 5.11. The van der Waals surface area contributed by atoms with E-state index in [2.05, 4.69) is 21.8 Å². The van der Waals surface area contributed by atoms with Crippen LogP contribution in [0.3, 0.4) is 0 Å². The summed E-state index contributed by atoms with van der Waals surface area (Å²) in [5.74, 6) is -1.66. The summed E-state index contributed by atoms with van der Waals surface area (Å²) in [7, 11) is -1.52. The van der Waals surface area contributed by atoms with Crippen LogP contribution < -0.4 is 4.89 Å². The Kier molecular flexibility index (Phi) is 3.20. The lowest BCUT2D eigenvalue weighted by molar-refractivity contribution is -0.252. The molecule has 0 aromatic rings. The molecule has 0 bridgehead atoms. The fourth-order valence-electron chi connectivity index (χ4n) is 0.585. The fraction of sp³-hybridized carbons (Fsp3) is 0.250. The summed E-state index contributed by atoms with van der Waals surface area (Å²) in [6.45, 7) is 4.71. The molecule has 74 valence electrons. The molecule has 1 atom stereocenters. The smallest absolute Gasteiger partial charge is 0.397 e. The molecule has 0 radical (unpaired) electrons. The minimum atomic E-state index is -1.52. The third kappa shape index (κ3) is 2.54. The maximum atomic E-state index is 10.9. The van der Waals surface area contributed by atoms with Gasteiger partial charge in [-0.2, -0.15) is 0 Å². The van der Waals surface area contributed by atoms with Crippen LogP contribution in [0.2, 0.25) is 0 Å². The predicted octanol–water partition coefficient (Wildman–Crippen LogP) is -0.338. The van der Waals surface area contributed by atoms with Crippen molar-refractivity contribution in [2.45, 2.75) is 6.92 Å². The van der Waals surface area contributed by atoms with Gasteiger partial charge in [-0.25, -0.2) is 19.4 Å². The maximum Gasteiger partial charge on any atom is 0.397 e. The first kappa shape index (κ1) is 10.7. The van der Waals surface area contributed by atoms with Crippen molar-refractivity contribution in [3.8, 4) is 0 Å². The topological polar surface area (TPSA) is 75.7 Å². The normalized spacial score (nSPS) is 15.9. The van der Waals surface area contributed by atoms with Crippen LogP contribution in [0.4, 0.5) is 0 Å². The molecule has 1 rings (SSSR count). The Morgan fingerprint density at radius 3 is 2.57 bits per heavy atom. The minimum Gasteiger partial charge on any atom is -0.623 e. The second-order valence-electron chi connectivity index (χ2n) is 2.65. The molecule has 1 aliphatic rings. The van der Waals surface area contributed by atoms with E-state index < -0.39 is 19.7 Å². The van der Waals surface area contributed by atoms with Gasteiger partial charge in [-0.05, 0) is 6.92 Å². The Bertz CT molecular complexity index is 375. The molecule has 0 saturated heterocycles. The zero-order valence-electron chi connectivity index (χ0n) is 7.40. The van der Waals surface area contributed by atoms with E-state index in [9.17, 15) is 14.5 Å². The Morgan fingerprint density at radius 2 is 2.14 bits per heavy atom. The molecule has 1 unspecified atom stereocenters. The highest BCUT2D eigenvalue weighted by Crippen LogP contribution is 2.22.